The van der Waals surface area contributed by atoms with Crippen molar-refractivity contribution in [1.82, 2.24) is 5.16 Å². The maximum atomic E-state index is 5.14. The zero-order chi connectivity index (χ0) is 10.8. The summed E-state index contributed by atoms with van der Waals surface area (Å²) in [6.45, 7) is 0. The van der Waals surface area contributed by atoms with Crippen molar-refractivity contribution < 1.29 is 4.52 Å². The highest BCUT2D eigenvalue weighted by Gasteiger charge is 2.12. The van der Waals surface area contributed by atoms with Crippen LogP contribution in [0.2, 0.25) is 0 Å². The number of benzene rings is 1. The smallest absolute Gasteiger partial charge is 0.147 e. The lowest BCUT2D eigenvalue weighted by atomic mass is 10.1. The molecule has 2 rings (SSSR count). The summed E-state index contributed by atoms with van der Waals surface area (Å²) in [5, 5.41) is 4.68. The summed E-state index contributed by atoms with van der Waals surface area (Å²) < 4.78 is 7.12. The Labute approximate surface area is 112 Å². The van der Waals surface area contributed by atoms with Gasteiger partial charge in [-0.15, -0.1) is 0 Å². The van der Waals surface area contributed by atoms with E-state index in [2.05, 4.69) is 52.9 Å². The highest BCUT2D eigenvalue weighted by Crippen LogP contribution is 2.34. The summed E-state index contributed by atoms with van der Waals surface area (Å²) in [4.78, 5) is 0. The normalized spacial score (nSPS) is 10.6. The van der Waals surface area contributed by atoms with Crippen LogP contribution >= 0.6 is 47.8 Å². The number of rotatable bonds is 2. The molecule has 2 aromatic rings. The molecule has 78 valence electrons. The van der Waals surface area contributed by atoms with E-state index in [4.69, 9.17) is 4.52 Å². The minimum Gasteiger partial charge on any atom is -0.360 e. The maximum Gasteiger partial charge on any atom is 0.147 e. The van der Waals surface area contributed by atoms with Crippen LogP contribution < -0.4 is 0 Å². The van der Waals surface area contributed by atoms with Crippen molar-refractivity contribution in [1.29, 1.82) is 0 Å². The molecule has 0 atom stereocenters. The van der Waals surface area contributed by atoms with Crippen LogP contribution in [-0.4, -0.2) is 5.16 Å². The van der Waals surface area contributed by atoms with Gasteiger partial charge >= 0.3 is 0 Å². The number of nitrogens with zero attached hydrogens (tertiary/aromatic N) is 1. The van der Waals surface area contributed by atoms with Crippen molar-refractivity contribution in [3.05, 3.63) is 39.0 Å². The van der Waals surface area contributed by atoms with Crippen LogP contribution in [0.5, 0.6) is 0 Å². The van der Waals surface area contributed by atoms with Crippen LogP contribution in [0.3, 0.4) is 0 Å². The van der Waals surface area contributed by atoms with Crippen LogP contribution in [0.15, 0.2) is 37.7 Å². The van der Waals surface area contributed by atoms with Gasteiger partial charge < -0.3 is 4.52 Å². The number of hydrogen-bond donors (Lipinski definition) is 0. The number of alkyl halides is 1. The van der Waals surface area contributed by atoms with E-state index >= 15 is 0 Å². The van der Waals surface area contributed by atoms with Crippen LogP contribution in [0.25, 0.3) is 11.3 Å². The fourth-order valence-corrected chi connectivity index (χ4v) is 2.91. The largest absolute Gasteiger partial charge is 0.360 e. The number of aromatic nitrogens is 1. The van der Waals surface area contributed by atoms with E-state index in [0.717, 1.165) is 26.0 Å². The Morgan fingerprint density at radius 2 is 1.87 bits per heavy atom. The summed E-state index contributed by atoms with van der Waals surface area (Å²) >= 11 is 10.3. The highest BCUT2D eigenvalue weighted by molar-refractivity contribution is 9.11. The van der Waals surface area contributed by atoms with Gasteiger partial charge in [0, 0.05) is 20.6 Å². The zero-order valence-electron chi connectivity index (χ0n) is 7.51. The van der Waals surface area contributed by atoms with E-state index in [-0.39, 0.29) is 0 Å². The molecule has 0 bridgehead atoms. The van der Waals surface area contributed by atoms with Gasteiger partial charge in [-0.3, -0.25) is 0 Å². The fraction of sp³-hybridized carbons (Fsp3) is 0.100. The second kappa shape index (κ2) is 4.80. The van der Waals surface area contributed by atoms with Gasteiger partial charge in [0.05, 0.1) is 5.33 Å². The third-order valence-electron chi connectivity index (χ3n) is 1.91. The Morgan fingerprint density at radius 1 is 1.20 bits per heavy atom. The molecule has 0 unspecified atom stereocenters. The first-order chi connectivity index (χ1) is 7.22. The van der Waals surface area contributed by atoms with Crippen molar-refractivity contribution in [3.63, 3.8) is 0 Å². The first-order valence-corrected chi connectivity index (χ1v) is 6.89. The van der Waals surface area contributed by atoms with Crippen molar-refractivity contribution in [3.8, 4) is 11.3 Å². The van der Waals surface area contributed by atoms with Gasteiger partial charge in [-0.25, -0.2) is 0 Å². The Balaban J connectivity index is 2.53. The molecule has 0 fully saturated rings. The maximum absolute atomic E-state index is 5.14. The lowest BCUT2D eigenvalue weighted by Crippen LogP contribution is -1.81. The van der Waals surface area contributed by atoms with Crippen LogP contribution in [0.4, 0.5) is 0 Å². The lowest BCUT2D eigenvalue weighted by Gasteiger charge is -2.02. The molecule has 1 aromatic heterocycles. The summed E-state index contributed by atoms with van der Waals surface area (Å²) in [6.07, 6.45) is 0. The first-order valence-electron chi connectivity index (χ1n) is 4.18. The molecule has 1 aromatic carbocycles. The quantitative estimate of drug-likeness (QED) is 0.685. The first kappa shape index (κ1) is 11.4. The van der Waals surface area contributed by atoms with Crippen LogP contribution in [0, 0.1) is 0 Å². The molecule has 15 heavy (non-hydrogen) atoms. The molecule has 0 saturated carbocycles. The molecule has 0 aliphatic rings. The van der Waals surface area contributed by atoms with E-state index < -0.39 is 0 Å². The number of hydrogen-bond acceptors (Lipinski definition) is 2. The van der Waals surface area contributed by atoms with Gasteiger partial charge in [0.15, 0.2) is 0 Å². The Kier molecular flexibility index (Phi) is 3.64. The SMILES string of the molecule is BrCc1cc(-c2c(Br)cccc2Br)no1. The van der Waals surface area contributed by atoms with Crippen LogP contribution in [-0.2, 0) is 5.33 Å². The summed E-state index contributed by atoms with van der Waals surface area (Å²) in [7, 11) is 0. The van der Waals surface area contributed by atoms with Gasteiger partial charge in [0.1, 0.15) is 11.5 Å². The molecule has 0 aliphatic heterocycles. The van der Waals surface area contributed by atoms with E-state index in [9.17, 15) is 0 Å². The van der Waals surface area contributed by atoms with Gasteiger partial charge in [-0.2, -0.15) is 0 Å². The zero-order valence-corrected chi connectivity index (χ0v) is 12.3. The minimum atomic E-state index is 0.669. The lowest BCUT2D eigenvalue weighted by molar-refractivity contribution is 0.398. The predicted octanol–water partition coefficient (Wildman–Crippen LogP) is 4.76. The van der Waals surface area contributed by atoms with Crippen molar-refractivity contribution >= 4 is 47.8 Å². The average Bonchev–Trinajstić information content (AvgIpc) is 2.66. The topological polar surface area (TPSA) is 26.0 Å². The van der Waals surface area contributed by atoms with E-state index in [1.165, 1.54) is 0 Å². The molecule has 5 heteroatoms. The average molecular weight is 396 g/mol. The monoisotopic (exact) mass is 393 g/mol. The molecule has 0 N–H and O–H groups in total. The van der Waals surface area contributed by atoms with E-state index in [0.29, 0.717) is 5.33 Å². The Hall–Kier alpha value is -0.130. The third-order valence-corrected chi connectivity index (χ3v) is 3.78. The summed E-state index contributed by atoms with van der Waals surface area (Å²) in [5.41, 5.74) is 1.83. The predicted molar refractivity (Wildman–Crippen MR) is 70.0 cm³/mol. The van der Waals surface area contributed by atoms with Crippen LogP contribution in [0.1, 0.15) is 5.76 Å². The molecule has 0 spiro atoms. The van der Waals surface area contributed by atoms with Crippen molar-refractivity contribution in [2.24, 2.45) is 0 Å². The molecule has 2 nitrogen and oxygen atoms in total. The van der Waals surface area contributed by atoms with E-state index in [1.807, 2.05) is 24.3 Å². The van der Waals surface area contributed by atoms with E-state index in [1.54, 1.807) is 0 Å². The minimum absolute atomic E-state index is 0.669. The van der Waals surface area contributed by atoms with Gasteiger partial charge in [0.2, 0.25) is 0 Å². The molecule has 0 saturated heterocycles. The Bertz CT molecular complexity index is 461. The molecule has 1 heterocycles. The fourth-order valence-electron chi connectivity index (χ4n) is 1.24. The van der Waals surface area contributed by atoms with Gasteiger partial charge in [-0.1, -0.05) is 59.0 Å². The highest BCUT2D eigenvalue weighted by atomic mass is 79.9. The van der Waals surface area contributed by atoms with Gasteiger partial charge in [-0.05, 0) is 12.1 Å². The van der Waals surface area contributed by atoms with Crippen molar-refractivity contribution in [2.45, 2.75) is 5.33 Å². The second-order valence-corrected chi connectivity index (χ2v) is 5.18. The second-order valence-electron chi connectivity index (χ2n) is 2.91. The molecule has 0 radical (unpaired) electrons. The Morgan fingerprint density at radius 3 is 2.40 bits per heavy atom. The molecule has 0 amide bonds. The molecular formula is C10H6Br3NO. The van der Waals surface area contributed by atoms with Crippen molar-refractivity contribution in [2.75, 3.05) is 0 Å². The standard InChI is InChI=1S/C10H6Br3NO/c11-5-6-4-9(14-15-6)10-7(12)2-1-3-8(10)13/h1-4H,5H2. The summed E-state index contributed by atoms with van der Waals surface area (Å²) in [5.74, 6) is 0.813. The molecule has 0 aliphatic carbocycles. The molecular weight excluding hydrogens is 390 g/mol. The number of halogens is 3. The third kappa shape index (κ3) is 2.34. The van der Waals surface area contributed by atoms with Gasteiger partial charge in [0.25, 0.3) is 0 Å². The summed E-state index contributed by atoms with van der Waals surface area (Å²) in [6, 6.07) is 7.83.